The van der Waals surface area contributed by atoms with Crippen LogP contribution in [0.1, 0.15) is 15.2 Å². The third kappa shape index (κ3) is 3.15. The molecule has 2 heterocycles. The van der Waals surface area contributed by atoms with Crippen LogP contribution in [0.25, 0.3) is 0 Å². The number of thiophene rings is 1. The minimum atomic E-state index is -1.06. The van der Waals surface area contributed by atoms with E-state index < -0.39 is 5.97 Å². The minimum Gasteiger partial charge on any atom is -0.478 e. The smallest absolute Gasteiger partial charge is 0.337 e. The lowest BCUT2D eigenvalue weighted by molar-refractivity contribution is 0.0698. The monoisotopic (exact) mass is 297 g/mol. The summed E-state index contributed by atoms with van der Waals surface area (Å²) in [5.74, 6) is -0.509. The van der Waals surface area contributed by atoms with Gasteiger partial charge in [0.25, 0.3) is 0 Å². The molecule has 0 atom stereocenters. The molecule has 100 valence electrons. The first-order chi connectivity index (χ1) is 8.97. The molecule has 0 radical (unpaired) electrons. The fourth-order valence-corrected chi connectivity index (χ4v) is 2.74. The molecule has 0 saturated carbocycles. The van der Waals surface area contributed by atoms with Gasteiger partial charge in [0.05, 0.1) is 28.3 Å². The molecule has 2 aromatic heterocycles. The van der Waals surface area contributed by atoms with Gasteiger partial charge in [-0.1, -0.05) is 11.6 Å². The molecule has 0 aliphatic heterocycles. The van der Waals surface area contributed by atoms with E-state index >= 15 is 0 Å². The van der Waals surface area contributed by atoms with Crippen molar-refractivity contribution in [1.29, 1.82) is 0 Å². The van der Waals surface area contributed by atoms with Crippen molar-refractivity contribution >= 4 is 40.4 Å². The van der Waals surface area contributed by atoms with Gasteiger partial charge < -0.3 is 15.7 Å². The van der Waals surface area contributed by atoms with Gasteiger partial charge in [0.2, 0.25) is 0 Å². The molecule has 0 unspecified atom stereocenters. The van der Waals surface area contributed by atoms with Crippen LogP contribution in [0, 0.1) is 0 Å². The zero-order valence-electron chi connectivity index (χ0n) is 10.1. The topological polar surface area (TPSA) is 79.5 Å². The van der Waals surface area contributed by atoms with Crippen molar-refractivity contribution in [2.45, 2.75) is 6.54 Å². The van der Waals surface area contributed by atoms with Crippen molar-refractivity contribution in [3.05, 3.63) is 39.2 Å². The minimum absolute atomic E-state index is 0.0565. The normalized spacial score (nSPS) is 10.4. The van der Waals surface area contributed by atoms with Gasteiger partial charge in [-0.3, -0.25) is 0 Å². The number of rotatable bonds is 4. The summed E-state index contributed by atoms with van der Waals surface area (Å²) in [7, 11) is 1.83. The third-order valence-corrected chi connectivity index (χ3v) is 3.78. The molecule has 3 N–H and O–H groups in total. The summed E-state index contributed by atoms with van der Waals surface area (Å²) < 4.78 is 0.722. The maximum Gasteiger partial charge on any atom is 0.337 e. The number of pyridine rings is 1. The van der Waals surface area contributed by atoms with Gasteiger partial charge in [0, 0.05) is 11.9 Å². The number of aromatic carboxylic acids is 1. The number of aromatic nitrogens is 1. The second-order valence-corrected chi connectivity index (χ2v) is 5.80. The van der Waals surface area contributed by atoms with E-state index in [0.717, 1.165) is 9.21 Å². The van der Waals surface area contributed by atoms with Gasteiger partial charge >= 0.3 is 5.97 Å². The van der Waals surface area contributed by atoms with Gasteiger partial charge in [-0.15, -0.1) is 11.3 Å². The number of nitrogen functional groups attached to an aromatic ring is 1. The lowest BCUT2D eigenvalue weighted by Crippen LogP contribution is -2.18. The lowest BCUT2D eigenvalue weighted by atomic mass is 10.2. The first-order valence-corrected chi connectivity index (χ1v) is 6.61. The molecule has 0 aliphatic rings. The number of nitrogens with two attached hydrogens (primary N) is 1. The first kappa shape index (κ1) is 13.6. The van der Waals surface area contributed by atoms with Crippen LogP contribution in [-0.4, -0.2) is 23.1 Å². The predicted octanol–water partition coefficient (Wildman–Crippen LogP) is 2.71. The molecule has 0 aromatic carbocycles. The summed E-state index contributed by atoms with van der Waals surface area (Å²) in [5.41, 5.74) is 5.78. The Kier molecular flexibility index (Phi) is 3.92. The van der Waals surface area contributed by atoms with E-state index in [-0.39, 0.29) is 11.3 Å². The molecular formula is C12H12ClN3O2S. The zero-order chi connectivity index (χ0) is 14.0. The van der Waals surface area contributed by atoms with Crippen LogP contribution in [0.5, 0.6) is 0 Å². The van der Waals surface area contributed by atoms with Crippen LogP contribution >= 0.6 is 22.9 Å². The standard InChI is InChI=1S/C12H12ClN3O2S/c1-16(6-7-2-3-10(13)19-7)11-4-8(12(17)18)9(14)5-15-11/h2-5H,6,14H2,1H3,(H,17,18). The quantitative estimate of drug-likeness (QED) is 0.907. The maximum absolute atomic E-state index is 11.0. The molecule has 19 heavy (non-hydrogen) atoms. The predicted molar refractivity (Wildman–Crippen MR) is 77.0 cm³/mol. The number of carboxylic acid groups (broad SMARTS) is 1. The summed E-state index contributed by atoms with van der Waals surface area (Å²) in [6.07, 6.45) is 1.36. The first-order valence-electron chi connectivity index (χ1n) is 5.41. The van der Waals surface area contributed by atoms with E-state index in [9.17, 15) is 4.79 Å². The van der Waals surface area contributed by atoms with E-state index in [1.807, 2.05) is 24.1 Å². The van der Waals surface area contributed by atoms with Crippen molar-refractivity contribution in [2.24, 2.45) is 0 Å². The summed E-state index contributed by atoms with van der Waals surface area (Å²) in [6, 6.07) is 5.22. The Morgan fingerprint density at radius 1 is 1.58 bits per heavy atom. The fourth-order valence-electron chi connectivity index (χ4n) is 1.60. The molecule has 0 aliphatic carbocycles. The van der Waals surface area contributed by atoms with Crippen LogP contribution < -0.4 is 10.6 Å². The van der Waals surface area contributed by atoms with Crippen molar-refractivity contribution < 1.29 is 9.90 Å². The van der Waals surface area contributed by atoms with Crippen LogP contribution in [0.2, 0.25) is 4.34 Å². The van der Waals surface area contributed by atoms with Crippen molar-refractivity contribution in [1.82, 2.24) is 4.98 Å². The Morgan fingerprint density at radius 3 is 2.89 bits per heavy atom. The van der Waals surface area contributed by atoms with E-state index in [4.69, 9.17) is 22.4 Å². The third-order valence-electron chi connectivity index (χ3n) is 2.56. The van der Waals surface area contributed by atoms with Gasteiger partial charge in [-0.25, -0.2) is 9.78 Å². The van der Waals surface area contributed by atoms with E-state index in [1.54, 1.807) is 0 Å². The van der Waals surface area contributed by atoms with Crippen LogP contribution in [0.15, 0.2) is 24.4 Å². The average molecular weight is 298 g/mol. The van der Waals surface area contributed by atoms with Crippen LogP contribution in [0.3, 0.4) is 0 Å². The number of halogens is 1. The van der Waals surface area contributed by atoms with E-state index in [1.165, 1.54) is 23.6 Å². The molecular weight excluding hydrogens is 286 g/mol. The number of anilines is 2. The second kappa shape index (κ2) is 5.46. The summed E-state index contributed by atoms with van der Waals surface area (Å²) >= 11 is 7.35. The Hall–Kier alpha value is -1.79. The molecule has 2 aromatic rings. The SMILES string of the molecule is CN(Cc1ccc(Cl)s1)c1cc(C(=O)O)c(N)cn1. The van der Waals surface area contributed by atoms with Crippen LogP contribution in [-0.2, 0) is 6.54 Å². The largest absolute Gasteiger partial charge is 0.478 e. The summed E-state index contributed by atoms with van der Waals surface area (Å²) in [4.78, 5) is 18.1. The highest BCUT2D eigenvalue weighted by Gasteiger charge is 2.12. The second-order valence-electron chi connectivity index (χ2n) is 4.00. The fraction of sp³-hybridized carbons (Fsp3) is 0.167. The average Bonchev–Trinajstić information content (AvgIpc) is 2.74. The molecule has 0 spiro atoms. The molecule has 0 saturated heterocycles. The lowest BCUT2D eigenvalue weighted by Gasteiger charge is -2.17. The van der Waals surface area contributed by atoms with E-state index in [2.05, 4.69) is 4.98 Å². The number of hydrogen-bond acceptors (Lipinski definition) is 5. The van der Waals surface area contributed by atoms with Crippen molar-refractivity contribution in [2.75, 3.05) is 17.7 Å². The Labute approximate surface area is 119 Å². The molecule has 7 heteroatoms. The highest BCUT2D eigenvalue weighted by Crippen LogP contribution is 2.24. The molecule has 0 amide bonds. The van der Waals surface area contributed by atoms with Gasteiger partial charge in [0.1, 0.15) is 5.82 Å². The molecule has 0 bridgehead atoms. The summed E-state index contributed by atoms with van der Waals surface area (Å²) in [6.45, 7) is 0.605. The maximum atomic E-state index is 11.0. The van der Waals surface area contributed by atoms with E-state index in [0.29, 0.717) is 12.4 Å². The highest BCUT2D eigenvalue weighted by molar-refractivity contribution is 7.16. The number of hydrogen-bond donors (Lipinski definition) is 2. The van der Waals surface area contributed by atoms with Crippen LogP contribution in [0.4, 0.5) is 11.5 Å². The Balaban J connectivity index is 2.21. The number of carboxylic acids is 1. The Morgan fingerprint density at radius 2 is 2.32 bits per heavy atom. The van der Waals surface area contributed by atoms with Crippen molar-refractivity contribution in [3.63, 3.8) is 0 Å². The van der Waals surface area contributed by atoms with Gasteiger partial charge in [0.15, 0.2) is 0 Å². The number of nitrogens with zero attached hydrogens (tertiary/aromatic N) is 2. The highest BCUT2D eigenvalue weighted by atomic mass is 35.5. The number of carbonyl (C=O) groups is 1. The molecule has 0 fully saturated rings. The van der Waals surface area contributed by atoms with Gasteiger partial charge in [-0.2, -0.15) is 0 Å². The summed E-state index contributed by atoms with van der Waals surface area (Å²) in [5, 5.41) is 9.02. The van der Waals surface area contributed by atoms with Gasteiger partial charge in [-0.05, 0) is 18.2 Å². The zero-order valence-corrected chi connectivity index (χ0v) is 11.7. The molecule has 2 rings (SSSR count). The Bertz CT molecular complexity index is 615. The molecule has 5 nitrogen and oxygen atoms in total. The van der Waals surface area contributed by atoms with Crippen molar-refractivity contribution in [3.8, 4) is 0 Å².